The third-order valence-corrected chi connectivity index (χ3v) is 3.86. The maximum absolute atomic E-state index is 6.30. The second-order valence-electron chi connectivity index (χ2n) is 5.01. The molecule has 74 valence electrons. The number of hydrogen-bond donors (Lipinski definition) is 1. The fraction of sp³-hybridized carbons (Fsp3) is 1.00. The standard InChI is InChI=1S/C11H19NO/c1-2-6-11(5-1)8-12-7-10(13-11)9-3-4-9/h9-10,12H,1-8H2/t10-/m1/s1. The normalized spacial score (nSPS) is 38.3. The molecule has 0 aromatic rings. The zero-order valence-corrected chi connectivity index (χ0v) is 8.22. The van der Waals surface area contributed by atoms with Crippen LogP contribution >= 0.6 is 0 Å². The molecule has 1 saturated heterocycles. The van der Waals surface area contributed by atoms with Crippen molar-refractivity contribution in [2.75, 3.05) is 13.1 Å². The molecule has 13 heavy (non-hydrogen) atoms. The molecule has 1 heterocycles. The topological polar surface area (TPSA) is 21.3 Å². The van der Waals surface area contributed by atoms with Crippen LogP contribution in [0.15, 0.2) is 0 Å². The van der Waals surface area contributed by atoms with Crippen LogP contribution in [0.3, 0.4) is 0 Å². The van der Waals surface area contributed by atoms with Crippen LogP contribution < -0.4 is 5.32 Å². The van der Waals surface area contributed by atoms with Gasteiger partial charge in [0, 0.05) is 13.1 Å². The Morgan fingerprint density at radius 2 is 1.92 bits per heavy atom. The predicted octanol–water partition coefficient (Wildman–Crippen LogP) is 1.70. The van der Waals surface area contributed by atoms with E-state index in [1.54, 1.807) is 0 Å². The molecule has 0 aromatic carbocycles. The first-order chi connectivity index (χ1) is 6.38. The molecular weight excluding hydrogens is 162 g/mol. The van der Waals surface area contributed by atoms with Gasteiger partial charge in [0.25, 0.3) is 0 Å². The maximum Gasteiger partial charge on any atom is 0.0810 e. The highest BCUT2D eigenvalue weighted by Gasteiger charge is 2.44. The first-order valence-corrected chi connectivity index (χ1v) is 5.77. The highest BCUT2D eigenvalue weighted by Crippen LogP contribution is 2.41. The molecule has 3 aliphatic rings. The summed E-state index contributed by atoms with van der Waals surface area (Å²) in [6.45, 7) is 2.21. The van der Waals surface area contributed by atoms with E-state index in [4.69, 9.17) is 4.74 Å². The second kappa shape index (κ2) is 2.96. The first kappa shape index (κ1) is 8.25. The Morgan fingerprint density at radius 1 is 1.15 bits per heavy atom. The first-order valence-electron chi connectivity index (χ1n) is 5.77. The summed E-state index contributed by atoms with van der Waals surface area (Å²) in [5, 5.41) is 3.56. The van der Waals surface area contributed by atoms with Crippen LogP contribution in [0.25, 0.3) is 0 Å². The van der Waals surface area contributed by atoms with E-state index in [0.29, 0.717) is 6.10 Å². The highest BCUT2D eigenvalue weighted by atomic mass is 16.5. The minimum Gasteiger partial charge on any atom is -0.369 e. The molecule has 2 saturated carbocycles. The van der Waals surface area contributed by atoms with Gasteiger partial charge in [-0.05, 0) is 31.6 Å². The average molecular weight is 181 g/mol. The SMILES string of the molecule is C1CCC2(C1)CNC[C@H](C1CC1)O2. The molecule has 1 spiro atoms. The maximum atomic E-state index is 6.30. The smallest absolute Gasteiger partial charge is 0.0810 e. The van der Waals surface area contributed by atoms with Gasteiger partial charge in [0.2, 0.25) is 0 Å². The molecule has 3 rings (SSSR count). The van der Waals surface area contributed by atoms with Gasteiger partial charge in [-0.25, -0.2) is 0 Å². The summed E-state index contributed by atoms with van der Waals surface area (Å²) in [5.41, 5.74) is 0.255. The number of hydrogen-bond acceptors (Lipinski definition) is 2. The van der Waals surface area contributed by atoms with Crippen LogP contribution in [0.5, 0.6) is 0 Å². The van der Waals surface area contributed by atoms with Crippen molar-refractivity contribution in [3.8, 4) is 0 Å². The lowest BCUT2D eigenvalue weighted by Gasteiger charge is -2.39. The van der Waals surface area contributed by atoms with Gasteiger partial charge in [-0.3, -0.25) is 0 Å². The Morgan fingerprint density at radius 3 is 2.62 bits per heavy atom. The molecule has 0 unspecified atom stereocenters. The Labute approximate surface area is 80.0 Å². The number of nitrogens with one attached hydrogen (secondary N) is 1. The Kier molecular flexibility index (Phi) is 1.88. The van der Waals surface area contributed by atoms with Crippen LogP contribution in [0, 0.1) is 5.92 Å². The van der Waals surface area contributed by atoms with Crippen molar-refractivity contribution in [2.45, 2.75) is 50.2 Å². The summed E-state index contributed by atoms with van der Waals surface area (Å²) >= 11 is 0. The van der Waals surface area contributed by atoms with Gasteiger partial charge >= 0.3 is 0 Å². The monoisotopic (exact) mass is 181 g/mol. The van der Waals surface area contributed by atoms with Crippen LogP contribution in [-0.4, -0.2) is 24.8 Å². The Balaban J connectivity index is 1.68. The molecular formula is C11H19NO. The van der Waals surface area contributed by atoms with Crippen molar-refractivity contribution >= 4 is 0 Å². The summed E-state index contributed by atoms with van der Waals surface area (Å²) in [6, 6.07) is 0. The third-order valence-electron chi connectivity index (χ3n) is 3.86. The van der Waals surface area contributed by atoms with Gasteiger partial charge in [-0.1, -0.05) is 12.8 Å². The third kappa shape index (κ3) is 1.50. The van der Waals surface area contributed by atoms with Crippen molar-refractivity contribution in [1.82, 2.24) is 5.32 Å². The molecule has 1 aliphatic heterocycles. The molecule has 2 nitrogen and oxygen atoms in total. The lowest BCUT2D eigenvalue weighted by atomic mass is 9.98. The van der Waals surface area contributed by atoms with E-state index in [0.717, 1.165) is 19.0 Å². The highest BCUT2D eigenvalue weighted by molar-refractivity contribution is 4.96. The lowest BCUT2D eigenvalue weighted by molar-refractivity contribution is -0.119. The number of rotatable bonds is 1. The van der Waals surface area contributed by atoms with Gasteiger partial charge in [0.05, 0.1) is 11.7 Å². The fourth-order valence-electron chi connectivity index (χ4n) is 2.89. The summed E-state index contributed by atoms with van der Waals surface area (Å²) in [7, 11) is 0. The van der Waals surface area contributed by atoms with Gasteiger partial charge in [0.15, 0.2) is 0 Å². The summed E-state index contributed by atoms with van der Waals surface area (Å²) < 4.78 is 6.30. The van der Waals surface area contributed by atoms with Crippen molar-refractivity contribution < 1.29 is 4.74 Å². The number of morpholine rings is 1. The van der Waals surface area contributed by atoms with E-state index in [2.05, 4.69) is 5.32 Å². The Hall–Kier alpha value is -0.0800. The lowest BCUT2D eigenvalue weighted by Crippen LogP contribution is -2.53. The zero-order chi connectivity index (χ0) is 8.73. The van der Waals surface area contributed by atoms with Crippen LogP contribution in [0.2, 0.25) is 0 Å². The predicted molar refractivity (Wildman–Crippen MR) is 51.7 cm³/mol. The van der Waals surface area contributed by atoms with E-state index < -0.39 is 0 Å². The largest absolute Gasteiger partial charge is 0.369 e. The molecule has 1 atom stereocenters. The molecule has 0 bridgehead atoms. The van der Waals surface area contributed by atoms with E-state index >= 15 is 0 Å². The molecule has 0 radical (unpaired) electrons. The zero-order valence-electron chi connectivity index (χ0n) is 8.22. The minimum atomic E-state index is 0.255. The minimum absolute atomic E-state index is 0.255. The molecule has 1 N–H and O–H groups in total. The Bertz CT molecular complexity index is 194. The van der Waals surface area contributed by atoms with Crippen molar-refractivity contribution in [2.24, 2.45) is 5.92 Å². The van der Waals surface area contributed by atoms with Crippen LogP contribution in [0.4, 0.5) is 0 Å². The molecule has 2 heteroatoms. The van der Waals surface area contributed by atoms with Crippen molar-refractivity contribution in [1.29, 1.82) is 0 Å². The van der Waals surface area contributed by atoms with E-state index in [1.807, 2.05) is 0 Å². The van der Waals surface area contributed by atoms with Gasteiger partial charge in [-0.15, -0.1) is 0 Å². The second-order valence-corrected chi connectivity index (χ2v) is 5.01. The summed E-state index contributed by atoms with van der Waals surface area (Å²) in [6.07, 6.45) is 8.70. The number of ether oxygens (including phenoxy) is 1. The quantitative estimate of drug-likeness (QED) is 0.665. The summed E-state index contributed by atoms with van der Waals surface area (Å²) in [5.74, 6) is 0.894. The van der Waals surface area contributed by atoms with Crippen molar-refractivity contribution in [3.05, 3.63) is 0 Å². The van der Waals surface area contributed by atoms with Gasteiger partial charge in [-0.2, -0.15) is 0 Å². The fourth-order valence-corrected chi connectivity index (χ4v) is 2.89. The van der Waals surface area contributed by atoms with Crippen LogP contribution in [0.1, 0.15) is 38.5 Å². The van der Waals surface area contributed by atoms with E-state index in [1.165, 1.54) is 38.5 Å². The average Bonchev–Trinajstić information content (AvgIpc) is 2.91. The van der Waals surface area contributed by atoms with E-state index in [9.17, 15) is 0 Å². The molecule has 2 aliphatic carbocycles. The molecule has 3 fully saturated rings. The van der Waals surface area contributed by atoms with Gasteiger partial charge < -0.3 is 10.1 Å². The van der Waals surface area contributed by atoms with Crippen molar-refractivity contribution in [3.63, 3.8) is 0 Å². The molecule has 0 aromatic heterocycles. The molecule has 0 amide bonds. The van der Waals surface area contributed by atoms with Crippen LogP contribution in [-0.2, 0) is 4.74 Å². The van der Waals surface area contributed by atoms with Gasteiger partial charge in [0.1, 0.15) is 0 Å². The summed E-state index contributed by atoms with van der Waals surface area (Å²) in [4.78, 5) is 0. The van der Waals surface area contributed by atoms with E-state index in [-0.39, 0.29) is 5.60 Å².